The summed E-state index contributed by atoms with van der Waals surface area (Å²) < 4.78 is 5.39. The van der Waals surface area contributed by atoms with E-state index in [1.165, 1.54) is 16.7 Å². The molecule has 25 heavy (non-hydrogen) atoms. The maximum atomic E-state index is 12.6. The Bertz CT molecular complexity index is 730. The van der Waals surface area contributed by atoms with Gasteiger partial charge < -0.3 is 15.0 Å². The Hall–Kier alpha value is -2.47. The van der Waals surface area contributed by atoms with Gasteiger partial charge in [0.1, 0.15) is 5.75 Å². The molecule has 0 aliphatic heterocycles. The normalized spacial score (nSPS) is 10.2. The zero-order valence-corrected chi connectivity index (χ0v) is 15.4. The highest BCUT2D eigenvalue weighted by atomic mass is 32.2. The predicted molar refractivity (Wildman–Crippen MR) is 101 cm³/mol. The second-order valence-corrected chi connectivity index (χ2v) is 6.50. The molecule has 2 rings (SSSR count). The molecular formula is C19H22N2O3S. The summed E-state index contributed by atoms with van der Waals surface area (Å²) in [6.45, 7) is 2.52. The number of carbonyl (C=O) groups excluding carboxylic acids is 2. The van der Waals surface area contributed by atoms with Crippen LogP contribution >= 0.6 is 11.8 Å². The van der Waals surface area contributed by atoms with Crippen LogP contribution in [-0.2, 0) is 4.79 Å². The van der Waals surface area contributed by atoms with Gasteiger partial charge in [-0.1, -0.05) is 12.1 Å². The molecule has 5 nitrogen and oxygen atoms in total. The van der Waals surface area contributed by atoms with Crippen LogP contribution in [0.3, 0.4) is 0 Å². The molecule has 0 radical (unpaired) electrons. The summed E-state index contributed by atoms with van der Waals surface area (Å²) in [4.78, 5) is 26.7. The van der Waals surface area contributed by atoms with Crippen molar-refractivity contribution in [2.24, 2.45) is 0 Å². The summed E-state index contributed by atoms with van der Waals surface area (Å²) in [5.41, 5.74) is 1.24. The van der Waals surface area contributed by atoms with Crippen LogP contribution in [0.2, 0.25) is 0 Å². The van der Waals surface area contributed by atoms with Crippen molar-refractivity contribution in [2.45, 2.75) is 11.8 Å². The van der Waals surface area contributed by atoms with Gasteiger partial charge in [-0.05, 0) is 43.3 Å². The van der Waals surface area contributed by atoms with Crippen molar-refractivity contribution in [3.8, 4) is 5.75 Å². The van der Waals surface area contributed by atoms with Gasteiger partial charge in [-0.25, -0.2) is 0 Å². The second kappa shape index (κ2) is 9.13. The number of thioether (sulfide) groups is 1. The lowest BCUT2D eigenvalue weighted by atomic mass is 10.2. The summed E-state index contributed by atoms with van der Waals surface area (Å²) in [5, 5.41) is 2.88. The third-order valence-electron chi connectivity index (χ3n) is 3.40. The number of anilines is 1. The number of hydrogen-bond donors (Lipinski definition) is 1. The lowest BCUT2D eigenvalue weighted by Gasteiger charge is -2.12. The molecule has 0 aliphatic carbocycles. The van der Waals surface area contributed by atoms with E-state index < -0.39 is 0 Å². The fourth-order valence-corrected chi connectivity index (χ4v) is 3.08. The van der Waals surface area contributed by atoms with Gasteiger partial charge in [0.05, 0.1) is 17.9 Å². The molecule has 0 saturated heterocycles. The van der Waals surface area contributed by atoms with E-state index in [-0.39, 0.29) is 11.8 Å². The van der Waals surface area contributed by atoms with E-state index in [0.717, 1.165) is 10.6 Å². The largest absolute Gasteiger partial charge is 0.494 e. The van der Waals surface area contributed by atoms with Crippen molar-refractivity contribution < 1.29 is 14.3 Å². The zero-order chi connectivity index (χ0) is 18.2. The predicted octanol–water partition coefficient (Wildman–Crippen LogP) is 3.52. The quantitative estimate of drug-likeness (QED) is 0.770. The van der Waals surface area contributed by atoms with Crippen LogP contribution < -0.4 is 10.1 Å². The average molecular weight is 358 g/mol. The molecule has 2 aromatic rings. The van der Waals surface area contributed by atoms with Gasteiger partial charge in [0.25, 0.3) is 5.91 Å². The standard InChI is InChI=1S/C19H22N2O3S/c1-4-24-15-11-9-14(10-12-15)20-19(23)16-7-5-6-8-17(16)25-13-18(22)21(2)3/h5-12H,4,13H2,1-3H3,(H,20,23). The molecule has 2 aromatic carbocycles. The molecule has 6 heteroatoms. The number of nitrogens with zero attached hydrogens (tertiary/aromatic N) is 1. The van der Waals surface area contributed by atoms with Crippen molar-refractivity contribution in [1.82, 2.24) is 4.90 Å². The van der Waals surface area contributed by atoms with Crippen molar-refractivity contribution in [3.05, 3.63) is 54.1 Å². The molecule has 0 saturated carbocycles. The molecule has 0 atom stereocenters. The highest BCUT2D eigenvalue weighted by molar-refractivity contribution is 8.00. The van der Waals surface area contributed by atoms with E-state index in [1.54, 1.807) is 32.3 Å². The Kier molecular flexibility index (Phi) is 6.89. The minimum atomic E-state index is -0.204. The van der Waals surface area contributed by atoms with E-state index in [1.807, 2.05) is 37.3 Å². The summed E-state index contributed by atoms with van der Waals surface area (Å²) in [6, 6.07) is 14.5. The maximum absolute atomic E-state index is 12.6. The Morgan fingerprint density at radius 1 is 1.08 bits per heavy atom. The molecule has 1 N–H and O–H groups in total. The molecule has 2 amide bonds. The smallest absolute Gasteiger partial charge is 0.256 e. The Morgan fingerprint density at radius 2 is 1.76 bits per heavy atom. The SMILES string of the molecule is CCOc1ccc(NC(=O)c2ccccc2SCC(=O)N(C)C)cc1. The van der Waals surface area contributed by atoms with Crippen LogP contribution in [0.5, 0.6) is 5.75 Å². The molecule has 0 unspecified atom stereocenters. The Labute approximate surface area is 152 Å². The molecule has 132 valence electrons. The van der Waals surface area contributed by atoms with Crippen LogP contribution in [0.4, 0.5) is 5.69 Å². The first-order chi connectivity index (χ1) is 12.0. The third-order valence-corrected chi connectivity index (χ3v) is 4.46. The number of ether oxygens (including phenoxy) is 1. The summed E-state index contributed by atoms with van der Waals surface area (Å²) in [7, 11) is 3.43. The van der Waals surface area contributed by atoms with Crippen molar-refractivity contribution >= 4 is 29.3 Å². The minimum absolute atomic E-state index is 0.00623. The van der Waals surface area contributed by atoms with Gasteiger partial charge in [-0.2, -0.15) is 0 Å². The second-order valence-electron chi connectivity index (χ2n) is 5.48. The van der Waals surface area contributed by atoms with Crippen molar-refractivity contribution in [1.29, 1.82) is 0 Å². The first-order valence-electron chi connectivity index (χ1n) is 7.97. The van der Waals surface area contributed by atoms with Crippen LogP contribution in [0.25, 0.3) is 0 Å². The average Bonchev–Trinajstić information content (AvgIpc) is 2.61. The Morgan fingerprint density at radius 3 is 2.40 bits per heavy atom. The van der Waals surface area contributed by atoms with E-state index in [0.29, 0.717) is 23.6 Å². The lowest BCUT2D eigenvalue weighted by molar-refractivity contribution is -0.125. The van der Waals surface area contributed by atoms with Gasteiger partial charge in [0, 0.05) is 24.7 Å². The molecule has 0 aliphatic rings. The molecule has 0 spiro atoms. The summed E-state index contributed by atoms with van der Waals surface area (Å²) >= 11 is 1.36. The van der Waals surface area contributed by atoms with Gasteiger partial charge in [-0.15, -0.1) is 11.8 Å². The number of carbonyl (C=O) groups is 2. The van der Waals surface area contributed by atoms with E-state index in [4.69, 9.17) is 4.74 Å². The fourth-order valence-electron chi connectivity index (χ4n) is 2.05. The van der Waals surface area contributed by atoms with Gasteiger partial charge in [0.15, 0.2) is 0 Å². The number of nitrogens with one attached hydrogen (secondary N) is 1. The van der Waals surface area contributed by atoms with Crippen molar-refractivity contribution in [2.75, 3.05) is 31.8 Å². The summed E-state index contributed by atoms with van der Waals surface area (Å²) in [5.74, 6) is 0.857. The number of hydrogen-bond acceptors (Lipinski definition) is 4. The number of rotatable bonds is 7. The highest BCUT2D eigenvalue weighted by Crippen LogP contribution is 2.24. The van der Waals surface area contributed by atoms with E-state index in [9.17, 15) is 9.59 Å². The van der Waals surface area contributed by atoms with Crippen LogP contribution in [0.1, 0.15) is 17.3 Å². The monoisotopic (exact) mass is 358 g/mol. The Balaban J connectivity index is 2.07. The minimum Gasteiger partial charge on any atom is -0.494 e. The highest BCUT2D eigenvalue weighted by Gasteiger charge is 2.13. The summed E-state index contributed by atoms with van der Waals surface area (Å²) in [6.07, 6.45) is 0. The van der Waals surface area contributed by atoms with Crippen molar-refractivity contribution in [3.63, 3.8) is 0 Å². The number of amides is 2. The number of benzene rings is 2. The molecule has 0 fully saturated rings. The topological polar surface area (TPSA) is 58.6 Å². The van der Waals surface area contributed by atoms with Gasteiger partial charge in [-0.3, -0.25) is 9.59 Å². The molecule has 0 bridgehead atoms. The van der Waals surface area contributed by atoms with E-state index in [2.05, 4.69) is 5.32 Å². The third kappa shape index (κ3) is 5.53. The first-order valence-corrected chi connectivity index (χ1v) is 8.96. The van der Waals surface area contributed by atoms with Gasteiger partial charge in [0.2, 0.25) is 5.91 Å². The lowest BCUT2D eigenvalue weighted by Crippen LogP contribution is -2.23. The zero-order valence-electron chi connectivity index (χ0n) is 14.6. The van der Waals surface area contributed by atoms with Crippen LogP contribution in [0, 0.1) is 0 Å². The first kappa shape index (κ1) is 18.9. The molecular weight excluding hydrogens is 336 g/mol. The van der Waals surface area contributed by atoms with Crippen LogP contribution in [0.15, 0.2) is 53.4 Å². The van der Waals surface area contributed by atoms with Crippen LogP contribution in [-0.4, -0.2) is 43.2 Å². The molecule has 0 heterocycles. The fraction of sp³-hybridized carbons (Fsp3) is 0.263. The van der Waals surface area contributed by atoms with E-state index >= 15 is 0 Å². The molecule has 0 aromatic heterocycles. The maximum Gasteiger partial charge on any atom is 0.256 e. The van der Waals surface area contributed by atoms with Gasteiger partial charge >= 0.3 is 0 Å².